The number of carboxylic acid groups (broad SMARTS) is 1. The van der Waals surface area contributed by atoms with Crippen molar-refractivity contribution in [3.8, 4) is 11.4 Å². The van der Waals surface area contributed by atoms with Gasteiger partial charge in [0.25, 0.3) is 10.0 Å². The van der Waals surface area contributed by atoms with Gasteiger partial charge in [0.05, 0.1) is 24.0 Å². The van der Waals surface area contributed by atoms with Crippen LogP contribution in [0.5, 0.6) is 5.75 Å². The van der Waals surface area contributed by atoms with Crippen molar-refractivity contribution in [1.29, 1.82) is 0 Å². The van der Waals surface area contributed by atoms with Crippen LogP contribution in [0.15, 0.2) is 53.7 Å². The molecule has 0 saturated heterocycles. The number of methoxy groups -OCH3 is 1. The fraction of sp³-hybridized carbons (Fsp3) is 0.385. The number of hydrogen-bond acceptors (Lipinski definition) is 5. The summed E-state index contributed by atoms with van der Waals surface area (Å²) in [5.41, 5.74) is 1.13. The Balaban J connectivity index is 1.50. The van der Waals surface area contributed by atoms with Crippen LogP contribution in [0.2, 0.25) is 0 Å². The molecule has 1 fully saturated rings. The lowest BCUT2D eigenvalue weighted by molar-refractivity contribution is 0.0691. The minimum atomic E-state index is -4.20. The highest BCUT2D eigenvalue weighted by molar-refractivity contribution is 7.92. The van der Waals surface area contributed by atoms with Crippen molar-refractivity contribution < 1.29 is 27.4 Å². The summed E-state index contributed by atoms with van der Waals surface area (Å²) in [6.07, 6.45) is 6.37. The summed E-state index contributed by atoms with van der Waals surface area (Å²) in [5.74, 6) is -0.662. The zero-order valence-corrected chi connectivity index (χ0v) is 21.3. The minimum Gasteiger partial charge on any atom is -0.495 e. The summed E-state index contributed by atoms with van der Waals surface area (Å²) >= 11 is 0. The first kappa shape index (κ1) is 25.7. The van der Waals surface area contributed by atoms with Crippen LogP contribution in [0.4, 0.5) is 10.1 Å². The highest BCUT2D eigenvalue weighted by atomic mass is 32.2. The van der Waals surface area contributed by atoms with Crippen LogP contribution in [0.1, 0.15) is 61.4 Å². The van der Waals surface area contributed by atoms with Crippen LogP contribution < -0.4 is 9.46 Å². The summed E-state index contributed by atoms with van der Waals surface area (Å²) in [6, 6.07) is 11.0. The summed E-state index contributed by atoms with van der Waals surface area (Å²) < 4.78 is 48.7. The second-order valence-electron chi connectivity index (χ2n) is 9.49. The Morgan fingerprint density at radius 2 is 1.81 bits per heavy atom. The molecular formula is C26H30FN3O5S. The fourth-order valence-corrected chi connectivity index (χ4v) is 5.76. The summed E-state index contributed by atoms with van der Waals surface area (Å²) in [6.45, 7) is 4.58. The van der Waals surface area contributed by atoms with E-state index in [1.54, 1.807) is 0 Å². The van der Waals surface area contributed by atoms with Crippen LogP contribution in [0, 0.1) is 17.7 Å². The SMILES string of the molecule is COc1cc(C(=O)O)c(F)cc1NS(=O)(=O)c1ccn(-c2ccc([C@H]3CC[C@H](C(C)C)CC3)cc2)n1. The van der Waals surface area contributed by atoms with Gasteiger partial charge in [-0.1, -0.05) is 26.0 Å². The molecule has 0 amide bonds. The lowest BCUT2D eigenvalue weighted by Crippen LogP contribution is -2.17. The van der Waals surface area contributed by atoms with Gasteiger partial charge >= 0.3 is 5.97 Å². The molecule has 1 aliphatic rings. The van der Waals surface area contributed by atoms with Gasteiger partial charge in [0.1, 0.15) is 11.6 Å². The number of nitrogens with zero attached hydrogens (tertiary/aromatic N) is 2. The maximum Gasteiger partial charge on any atom is 0.338 e. The molecule has 0 spiro atoms. The maximum atomic E-state index is 14.2. The smallest absolute Gasteiger partial charge is 0.338 e. The molecule has 3 aromatic rings. The molecular weight excluding hydrogens is 485 g/mol. The minimum absolute atomic E-state index is 0.130. The van der Waals surface area contributed by atoms with E-state index in [-0.39, 0.29) is 16.5 Å². The molecule has 1 aromatic heterocycles. The average molecular weight is 516 g/mol. The second-order valence-corrected chi connectivity index (χ2v) is 11.1. The number of rotatable bonds is 8. The first-order chi connectivity index (χ1) is 17.1. The molecule has 0 atom stereocenters. The predicted molar refractivity (Wildman–Crippen MR) is 134 cm³/mol. The molecule has 4 rings (SSSR count). The van der Waals surface area contributed by atoms with Gasteiger partial charge in [-0.25, -0.2) is 13.9 Å². The molecule has 8 nitrogen and oxygen atoms in total. The van der Waals surface area contributed by atoms with Crippen molar-refractivity contribution in [2.45, 2.75) is 50.5 Å². The number of halogens is 1. The van der Waals surface area contributed by atoms with Gasteiger partial charge in [-0.3, -0.25) is 4.72 Å². The van der Waals surface area contributed by atoms with Gasteiger partial charge in [-0.15, -0.1) is 0 Å². The molecule has 0 radical (unpaired) electrons. The van der Waals surface area contributed by atoms with Crippen molar-refractivity contribution in [2.24, 2.45) is 11.8 Å². The van der Waals surface area contributed by atoms with Crippen molar-refractivity contribution in [3.05, 3.63) is 65.6 Å². The number of carboxylic acids is 1. The zero-order chi connectivity index (χ0) is 26.0. The van der Waals surface area contributed by atoms with E-state index in [2.05, 4.69) is 35.8 Å². The number of hydrogen-bond donors (Lipinski definition) is 2. The lowest BCUT2D eigenvalue weighted by atomic mass is 9.75. The van der Waals surface area contributed by atoms with Crippen LogP contribution >= 0.6 is 0 Å². The maximum absolute atomic E-state index is 14.2. The van der Waals surface area contributed by atoms with Gasteiger partial charge in [-0.2, -0.15) is 13.5 Å². The van der Waals surface area contributed by atoms with Crippen LogP contribution in [0.25, 0.3) is 5.69 Å². The average Bonchev–Trinajstić information content (AvgIpc) is 3.35. The molecule has 0 bridgehead atoms. The van der Waals surface area contributed by atoms with Crippen LogP contribution in [0.3, 0.4) is 0 Å². The third kappa shape index (κ3) is 5.38. The largest absolute Gasteiger partial charge is 0.495 e. The number of aromatic carboxylic acids is 1. The van der Waals surface area contributed by atoms with Crippen LogP contribution in [-0.4, -0.2) is 36.4 Å². The molecule has 10 heteroatoms. The van der Waals surface area contributed by atoms with E-state index in [4.69, 9.17) is 9.84 Å². The number of aromatic nitrogens is 2. The van der Waals surface area contributed by atoms with Gasteiger partial charge in [0.15, 0.2) is 5.03 Å². The third-order valence-electron chi connectivity index (χ3n) is 6.95. The van der Waals surface area contributed by atoms with Gasteiger partial charge in [0.2, 0.25) is 0 Å². The highest BCUT2D eigenvalue weighted by Crippen LogP contribution is 2.38. The molecule has 1 saturated carbocycles. The second kappa shape index (κ2) is 10.3. The Morgan fingerprint density at radius 3 is 2.39 bits per heavy atom. The Kier molecular flexibility index (Phi) is 7.35. The molecule has 2 N–H and O–H groups in total. The van der Waals surface area contributed by atoms with Crippen molar-refractivity contribution >= 4 is 21.7 Å². The Morgan fingerprint density at radius 1 is 1.14 bits per heavy atom. The molecule has 0 aliphatic heterocycles. The van der Waals surface area contributed by atoms with E-state index in [1.807, 2.05) is 12.1 Å². The standard InChI is InChI=1S/C26H30FN3O5S/c1-16(2)17-4-6-18(7-5-17)19-8-10-20(11-9-19)30-13-12-25(28-30)36(33,34)29-23-15-22(27)21(26(31)32)14-24(23)35-3/h8-18,29H,4-7H2,1-3H3,(H,31,32)/t17-,18-. The van der Waals surface area contributed by atoms with E-state index in [0.717, 1.165) is 24.0 Å². The number of sulfonamides is 1. The number of nitrogens with one attached hydrogen (secondary N) is 1. The number of anilines is 1. The van der Waals surface area contributed by atoms with Gasteiger partial charge in [-0.05, 0) is 73.3 Å². The molecule has 2 aromatic carbocycles. The van der Waals surface area contributed by atoms with Gasteiger partial charge < -0.3 is 9.84 Å². The quantitative estimate of drug-likeness (QED) is 0.413. The Labute approximate surface area is 210 Å². The van der Waals surface area contributed by atoms with E-state index in [1.165, 1.54) is 55.3 Å². The number of benzene rings is 2. The van der Waals surface area contributed by atoms with E-state index in [0.29, 0.717) is 11.6 Å². The summed E-state index contributed by atoms with van der Waals surface area (Å²) in [5, 5.41) is 13.0. The topological polar surface area (TPSA) is 111 Å². The fourth-order valence-electron chi connectivity index (χ4n) is 4.78. The highest BCUT2D eigenvalue weighted by Gasteiger charge is 2.25. The monoisotopic (exact) mass is 515 g/mol. The molecule has 1 aliphatic carbocycles. The van der Waals surface area contributed by atoms with Crippen LogP contribution in [-0.2, 0) is 10.0 Å². The first-order valence-electron chi connectivity index (χ1n) is 11.9. The molecule has 192 valence electrons. The van der Waals surface area contributed by atoms with Crippen molar-refractivity contribution in [1.82, 2.24) is 9.78 Å². The zero-order valence-electron chi connectivity index (χ0n) is 20.4. The van der Waals surface area contributed by atoms with E-state index in [9.17, 15) is 17.6 Å². The number of ether oxygens (including phenoxy) is 1. The molecule has 1 heterocycles. The Bertz CT molecular complexity index is 1340. The van der Waals surface area contributed by atoms with Crippen molar-refractivity contribution in [3.63, 3.8) is 0 Å². The van der Waals surface area contributed by atoms with E-state index >= 15 is 0 Å². The van der Waals surface area contributed by atoms with Crippen molar-refractivity contribution in [2.75, 3.05) is 11.8 Å². The first-order valence-corrected chi connectivity index (χ1v) is 13.4. The lowest BCUT2D eigenvalue weighted by Gasteiger charge is -2.31. The normalized spacial score (nSPS) is 18.2. The third-order valence-corrected chi connectivity index (χ3v) is 8.20. The summed E-state index contributed by atoms with van der Waals surface area (Å²) in [7, 11) is -2.97. The molecule has 0 unspecified atom stereocenters. The molecule has 36 heavy (non-hydrogen) atoms. The summed E-state index contributed by atoms with van der Waals surface area (Å²) in [4.78, 5) is 11.1. The van der Waals surface area contributed by atoms with Gasteiger partial charge in [0, 0.05) is 12.3 Å². The Hall–Kier alpha value is -3.40. The van der Waals surface area contributed by atoms with E-state index < -0.39 is 27.4 Å². The predicted octanol–water partition coefficient (Wildman–Crippen LogP) is 5.45. The number of carbonyl (C=O) groups is 1.